The Morgan fingerprint density at radius 3 is 2.58 bits per heavy atom. The highest BCUT2D eigenvalue weighted by Gasteiger charge is 2.17. The van der Waals surface area contributed by atoms with Crippen molar-refractivity contribution in [2.45, 2.75) is 6.54 Å². The quantitative estimate of drug-likeness (QED) is 0.669. The number of nitro groups is 1. The van der Waals surface area contributed by atoms with Crippen molar-refractivity contribution in [3.05, 3.63) is 52.7 Å². The number of rotatable bonds is 4. The summed E-state index contributed by atoms with van der Waals surface area (Å²) >= 11 is 0. The summed E-state index contributed by atoms with van der Waals surface area (Å²) in [6.45, 7) is -0.0207. The summed E-state index contributed by atoms with van der Waals surface area (Å²) in [5.41, 5.74) is 0.211. The Morgan fingerprint density at radius 2 is 2.11 bits per heavy atom. The van der Waals surface area contributed by atoms with Crippen LogP contribution in [0.1, 0.15) is 5.76 Å². The zero-order valence-corrected chi connectivity index (χ0v) is 9.59. The van der Waals surface area contributed by atoms with E-state index in [1.54, 1.807) is 0 Å². The van der Waals surface area contributed by atoms with Crippen molar-refractivity contribution in [3.63, 3.8) is 0 Å². The Labute approximate surface area is 107 Å². The Kier molecular flexibility index (Phi) is 3.42. The highest BCUT2D eigenvalue weighted by Crippen LogP contribution is 2.21. The van der Waals surface area contributed by atoms with Gasteiger partial charge in [0.25, 0.3) is 5.69 Å². The van der Waals surface area contributed by atoms with E-state index in [1.165, 1.54) is 36.9 Å². The lowest BCUT2D eigenvalue weighted by Crippen LogP contribution is -2.28. The first-order valence-electron chi connectivity index (χ1n) is 5.20. The van der Waals surface area contributed by atoms with Crippen molar-refractivity contribution in [2.75, 3.05) is 4.90 Å². The second-order valence-electron chi connectivity index (χ2n) is 3.61. The van der Waals surface area contributed by atoms with Gasteiger partial charge in [-0.05, 0) is 12.1 Å². The van der Waals surface area contributed by atoms with Gasteiger partial charge in [-0.3, -0.25) is 15.0 Å². The molecule has 8 nitrogen and oxygen atoms in total. The molecule has 1 aromatic carbocycles. The molecule has 0 bridgehead atoms. The van der Waals surface area contributed by atoms with Crippen molar-refractivity contribution in [3.8, 4) is 0 Å². The number of non-ortho nitro benzene ring substituents is 1. The number of amides is 1. The van der Waals surface area contributed by atoms with Gasteiger partial charge < -0.3 is 9.52 Å². The van der Waals surface area contributed by atoms with Crippen LogP contribution in [-0.4, -0.2) is 21.1 Å². The zero-order valence-electron chi connectivity index (χ0n) is 9.59. The van der Waals surface area contributed by atoms with Crippen molar-refractivity contribution in [1.29, 1.82) is 0 Å². The summed E-state index contributed by atoms with van der Waals surface area (Å²) in [5.74, 6) is 0.376. The fourth-order valence-corrected chi connectivity index (χ4v) is 1.50. The molecule has 98 valence electrons. The lowest BCUT2D eigenvalue weighted by Gasteiger charge is -2.17. The number of carbonyl (C=O) groups is 1. The molecule has 1 aromatic heterocycles. The number of carboxylic acid groups (broad SMARTS) is 1. The highest BCUT2D eigenvalue weighted by molar-refractivity contribution is 5.85. The van der Waals surface area contributed by atoms with Crippen LogP contribution in [0.3, 0.4) is 0 Å². The molecule has 0 radical (unpaired) electrons. The Balaban J connectivity index is 2.24. The molecule has 1 amide bonds. The molecule has 2 rings (SSSR count). The lowest BCUT2D eigenvalue weighted by molar-refractivity contribution is -0.384. The highest BCUT2D eigenvalue weighted by atomic mass is 16.6. The van der Waals surface area contributed by atoms with Crippen LogP contribution in [0.2, 0.25) is 0 Å². The minimum atomic E-state index is -1.19. The van der Waals surface area contributed by atoms with Gasteiger partial charge in [-0.2, -0.15) is 0 Å². The van der Waals surface area contributed by atoms with E-state index in [0.29, 0.717) is 11.4 Å². The smallest absolute Gasteiger partial charge is 0.412 e. The van der Waals surface area contributed by atoms with Gasteiger partial charge in [0.15, 0.2) is 6.39 Å². The monoisotopic (exact) mass is 263 g/mol. The molecule has 19 heavy (non-hydrogen) atoms. The number of nitro benzene ring substituents is 1. The Bertz CT molecular complexity index is 579. The van der Waals surface area contributed by atoms with Crippen LogP contribution in [0, 0.1) is 10.1 Å². The van der Waals surface area contributed by atoms with Gasteiger partial charge in [0, 0.05) is 17.8 Å². The molecule has 0 atom stereocenters. The number of aromatic nitrogens is 1. The predicted octanol–water partition coefficient (Wildman–Crippen LogP) is 2.27. The third-order valence-corrected chi connectivity index (χ3v) is 2.40. The number of hydrogen-bond donors (Lipinski definition) is 1. The normalized spacial score (nSPS) is 10.1. The van der Waals surface area contributed by atoms with Crippen LogP contribution in [0.5, 0.6) is 0 Å². The third kappa shape index (κ3) is 2.86. The molecule has 0 saturated carbocycles. The standard InChI is InChI=1S/C11H9N3O5/c15-11(16)13(6-10-5-12-7-19-10)8-1-3-9(4-2-8)14(17)18/h1-5,7H,6H2,(H,15,16). The minimum absolute atomic E-state index is 0.0207. The number of anilines is 1. The Morgan fingerprint density at radius 1 is 1.42 bits per heavy atom. The van der Waals surface area contributed by atoms with Crippen molar-refractivity contribution >= 4 is 17.5 Å². The van der Waals surface area contributed by atoms with Crippen molar-refractivity contribution < 1.29 is 19.2 Å². The molecule has 0 spiro atoms. The van der Waals surface area contributed by atoms with Crippen LogP contribution in [-0.2, 0) is 6.54 Å². The number of benzene rings is 1. The molecular formula is C11H9N3O5. The number of oxazole rings is 1. The Hall–Kier alpha value is -2.90. The van der Waals surface area contributed by atoms with E-state index in [9.17, 15) is 14.9 Å². The van der Waals surface area contributed by atoms with Crippen LogP contribution >= 0.6 is 0 Å². The van der Waals surface area contributed by atoms with Crippen LogP contribution in [0.4, 0.5) is 16.2 Å². The third-order valence-electron chi connectivity index (χ3n) is 2.40. The fourth-order valence-electron chi connectivity index (χ4n) is 1.50. The SMILES string of the molecule is O=C(O)N(Cc1cnco1)c1ccc([N+](=O)[O-])cc1. The first-order chi connectivity index (χ1) is 9.08. The number of hydrogen-bond acceptors (Lipinski definition) is 5. The molecule has 0 unspecified atom stereocenters. The van der Waals surface area contributed by atoms with Gasteiger partial charge in [0.05, 0.1) is 17.7 Å². The van der Waals surface area contributed by atoms with Gasteiger partial charge in [0.1, 0.15) is 5.76 Å². The topological polar surface area (TPSA) is 110 Å². The van der Waals surface area contributed by atoms with E-state index in [1.807, 2.05) is 0 Å². The summed E-state index contributed by atoms with van der Waals surface area (Å²) in [4.78, 5) is 25.8. The maximum atomic E-state index is 11.2. The van der Waals surface area contributed by atoms with Gasteiger partial charge >= 0.3 is 6.09 Å². The molecule has 0 aliphatic carbocycles. The van der Waals surface area contributed by atoms with Crippen molar-refractivity contribution in [2.24, 2.45) is 0 Å². The van der Waals surface area contributed by atoms with Gasteiger partial charge in [-0.25, -0.2) is 9.78 Å². The lowest BCUT2D eigenvalue weighted by atomic mass is 10.2. The van der Waals surface area contributed by atoms with Crippen LogP contribution < -0.4 is 4.90 Å². The summed E-state index contributed by atoms with van der Waals surface area (Å²) in [5, 5.41) is 19.7. The zero-order chi connectivity index (χ0) is 13.8. The van der Waals surface area contributed by atoms with E-state index in [4.69, 9.17) is 9.52 Å². The summed E-state index contributed by atoms with van der Waals surface area (Å²) in [6.07, 6.45) is 1.41. The average molecular weight is 263 g/mol. The molecule has 8 heteroatoms. The summed E-state index contributed by atoms with van der Waals surface area (Å²) in [6, 6.07) is 5.21. The minimum Gasteiger partial charge on any atom is -0.465 e. The molecule has 1 heterocycles. The molecular weight excluding hydrogens is 254 g/mol. The second kappa shape index (κ2) is 5.17. The predicted molar refractivity (Wildman–Crippen MR) is 63.8 cm³/mol. The molecule has 0 aliphatic heterocycles. The maximum Gasteiger partial charge on any atom is 0.412 e. The first kappa shape index (κ1) is 12.6. The molecule has 1 N–H and O–H groups in total. The molecule has 0 fully saturated rings. The van der Waals surface area contributed by atoms with E-state index < -0.39 is 11.0 Å². The molecule has 0 saturated heterocycles. The molecule has 2 aromatic rings. The maximum absolute atomic E-state index is 11.2. The van der Waals surface area contributed by atoms with Gasteiger partial charge in [-0.15, -0.1) is 0 Å². The van der Waals surface area contributed by atoms with Gasteiger partial charge in [-0.1, -0.05) is 0 Å². The second-order valence-corrected chi connectivity index (χ2v) is 3.61. The molecule has 0 aliphatic rings. The van der Waals surface area contributed by atoms with E-state index in [2.05, 4.69) is 4.98 Å². The summed E-state index contributed by atoms with van der Waals surface area (Å²) < 4.78 is 4.97. The van der Waals surface area contributed by atoms with Crippen LogP contribution in [0.25, 0.3) is 0 Å². The van der Waals surface area contributed by atoms with Crippen LogP contribution in [0.15, 0.2) is 41.3 Å². The summed E-state index contributed by atoms with van der Waals surface area (Å²) in [7, 11) is 0. The van der Waals surface area contributed by atoms with E-state index in [0.717, 1.165) is 4.90 Å². The largest absolute Gasteiger partial charge is 0.465 e. The average Bonchev–Trinajstić information content (AvgIpc) is 2.88. The first-order valence-corrected chi connectivity index (χ1v) is 5.20. The van der Waals surface area contributed by atoms with Gasteiger partial charge in [0.2, 0.25) is 0 Å². The number of nitrogens with zero attached hydrogens (tertiary/aromatic N) is 3. The fraction of sp³-hybridized carbons (Fsp3) is 0.0909. The van der Waals surface area contributed by atoms with E-state index in [-0.39, 0.29) is 12.2 Å². The van der Waals surface area contributed by atoms with E-state index >= 15 is 0 Å². The van der Waals surface area contributed by atoms with Crippen molar-refractivity contribution in [1.82, 2.24) is 4.98 Å².